The molecule has 0 amide bonds. The van der Waals surface area contributed by atoms with Crippen molar-refractivity contribution in [1.29, 1.82) is 0 Å². The second kappa shape index (κ2) is 6.19. The Morgan fingerprint density at radius 3 is 3.00 bits per heavy atom. The molecule has 1 aliphatic rings. The number of aryl methyl sites for hydroxylation is 1. The van der Waals surface area contributed by atoms with Gasteiger partial charge in [0.1, 0.15) is 0 Å². The summed E-state index contributed by atoms with van der Waals surface area (Å²) in [6.07, 6.45) is 5.42. The first kappa shape index (κ1) is 14.1. The summed E-state index contributed by atoms with van der Waals surface area (Å²) in [5, 5.41) is 7.60. The van der Waals surface area contributed by atoms with Crippen LogP contribution in [0.2, 0.25) is 0 Å². The van der Waals surface area contributed by atoms with Crippen LogP contribution in [-0.4, -0.2) is 40.4 Å². The van der Waals surface area contributed by atoms with Crippen LogP contribution in [0.15, 0.2) is 11.0 Å². The Labute approximate surface area is 114 Å². The summed E-state index contributed by atoms with van der Waals surface area (Å²) in [7, 11) is 1.68. The van der Waals surface area contributed by atoms with Gasteiger partial charge < -0.3 is 10.2 Å². The first-order valence-corrected chi connectivity index (χ1v) is 7.13. The van der Waals surface area contributed by atoms with Crippen molar-refractivity contribution in [2.75, 3.05) is 25.0 Å². The third-order valence-electron chi connectivity index (χ3n) is 3.94. The van der Waals surface area contributed by atoms with Crippen molar-refractivity contribution in [2.45, 2.75) is 39.2 Å². The van der Waals surface area contributed by atoms with Gasteiger partial charge in [-0.05, 0) is 32.9 Å². The molecule has 2 heterocycles. The smallest absolute Gasteiger partial charge is 0.271 e. The van der Waals surface area contributed by atoms with E-state index in [1.165, 1.54) is 24.1 Å². The average molecular weight is 264 g/mol. The van der Waals surface area contributed by atoms with Gasteiger partial charge in [0.15, 0.2) is 0 Å². The first-order chi connectivity index (χ1) is 9.11. The molecule has 1 unspecified atom stereocenters. The predicted molar refractivity (Wildman–Crippen MR) is 77.6 cm³/mol. The Kier molecular flexibility index (Phi) is 4.58. The lowest BCUT2D eigenvalue weighted by molar-refractivity contribution is 0.292. The van der Waals surface area contributed by atoms with Gasteiger partial charge in [-0.1, -0.05) is 13.3 Å². The van der Waals surface area contributed by atoms with Crippen molar-refractivity contribution in [3.8, 4) is 0 Å². The van der Waals surface area contributed by atoms with Crippen molar-refractivity contribution in [3.63, 3.8) is 0 Å². The number of likely N-dealkylation sites (N-methyl/N-ethyl adjacent to an activating group) is 1. The number of anilines is 1. The molecule has 1 aromatic rings. The molecule has 1 N–H and O–H groups in total. The van der Waals surface area contributed by atoms with Crippen LogP contribution in [0.1, 0.15) is 31.7 Å². The highest BCUT2D eigenvalue weighted by molar-refractivity contribution is 5.47. The molecule has 0 spiro atoms. The van der Waals surface area contributed by atoms with E-state index in [1.54, 1.807) is 13.2 Å². The van der Waals surface area contributed by atoms with Gasteiger partial charge >= 0.3 is 0 Å². The van der Waals surface area contributed by atoms with E-state index in [2.05, 4.69) is 22.2 Å². The maximum Gasteiger partial charge on any atom is 0.271 e. The van der Waals surface area contributed by atoms with E-state index in [9.17, 15) is 4.79 Å². The van der Waals surface area contributed by atoms with Crippen LogP contribution in [0.4, 0.5) is 5.69 Å². The molecular formula is C14H24N4O. The lowest BCUT2D eigenvalue weighted by Crippen LogP contribution is -2.36. The van der Waals surface area contributed by atoms with Crippen molar-refractivity contribution < 1.29 is 0 Å². The molecule has 19 heavy (non-hydrogen) atoms. The summed E-state index contributed by atoms with van der Waals surface area (Å²) in [5.41, 5.74) is 1.61. The number of rotatable bonds is 3. The summed E-state index contributed by atoms with van der Waals surface area (Å²) >= 11 is 0. The molecule has 5 heteroatoms. The molecule has 1 atom stereocenters. The summed E-state index contributed by atoms with van der Waals surface area (Å²) in [5.74, 6) is 0. The maximum absolute atomic E-state index is 11.9. The number of likely N-dealkylation sites (tertiary alicyclic amines) is 1. The zero-order chi connectivity index (χ0) is 13.8. The lowest BCUT2D eigenvalue weighted by atomic mass is 10.1. The normalized spacial score (nSPS) is 21.1. The van der Waals surface area contributed by atoms with E-state index in [4.69, 9.17) is 0 Å². The summed E-state index contributed by atoms with van der Waals surface area (Å²) in [6, 6.07) is 0.412. The van der Waals surface area contributed by atoms with E-state index in [0.29, 0.717) is 6.04 Å². The Hall–Kier alpha value is -1.36. The van der Waals surface area contributed by atoms with Crippen LogP contribution in [0.5, 0.6) is 0 Å². The van der Waals surface area contributed by atoms with Crippen LogP contribution in [0, 0.1) is 6.92 Å². The van der Waals surface area contributed by atoms with Gasteiger partial charge in [-0.3, -0.25) is 4.79 Å². The minimum absolute atomic E-state index is 0.0223. The molecule has 1 fully saturated rings. The molecular weight excluding hydrogens is 240 g/mol. The van der Waals surface area contributed by atoms with Crippen LogP contribution >= 0.6 is 0 Å². The molecule has 1 aromatic heterocycles. The molecule has 106 valence electrons. The van der Waals surface area contributed by atoms with Gasteiger partial charge in [-0.15, -0.1) is 0 Å². The Morgan fingerprint density at radius 2 is 2.26 bits per heavy atom. The topological polar surface area (TPSA) is 50.2 Å². The van der Waals surface area contributed by atoms with E-state index in [-0.39, 0.29) is 5.56 Å². The zero-order valence-corrected chi connectivity index (χ0v) is 12.1. The summed E-state index contributed by atoms with van der Waals surface area (Å²) in [6.45, 7) is 7.38. The molecule has 0 aliphatic carbocycles. The lowest BCUT2D eigenvalue weighted by Gasteiger charge is -2.24. The fraction of sp³-hybridized carbons (Fsp3) is 0.714. The molecule has 0 aromatic carbocycles. The van der Waals surface area contributed by atoms with Crippen LogP contribution in [0.3, 0.4) is 0 Å². The van der Waals surface area contributed by atoms with E-state index >= 15 is 0 Å². The fourth-order valence-corrected chi connectivity index (χ4v) is 2.64. The highest BCUT2D eigenvalue weighted by atomic mass is 16.1. The van der Waals surface area contributed by atoms with Gasteiger partial charge in [-0.2, -0.15) is 5.10 Å². The molecule has 1 aliphatic heterocycles. The van der Waals surface area contributed by atoms with Crippen LogP contribution < -0.4 is 10.9 Å². The molecule has 0 bridgehead atoms. The number of aromatic nitrogens is 2. The van der Waals surface area contributed by atoms with Crippen molar-refractivity contribution in [1.82, 2.24) is 14.7 Å². The van der Waals surface area contributed by atoms with Crippen molar-refractivity contribution in [3.05, 3.63) is 22.1 Å². The summed E-state index contributed by atoms with van der Waals surface area (Å²) < 4.78 is 1.38. The third-order valence-corrected chi connectivity index (χ3v) is 3.94. The largest absolute Gasteiger partial charge is 0.379 e. The Balaban J connectivity index is 2.12. The number of hydrogen-bond donors (Lipinski definition) is 1. The second-order valence-electron chi connectivity index (χ2n) is 5.34. The van der Waals surface area contributed by atoms with Gasteiger partial charge in [0.05, 0.1) is 11.9 Å². The van der Waals surface area contributed by atoms with Crippen molar-refractivity contribution in [2.24, 2.45) is 7.05 Å². The zero-order valence-electron chi connectivity index (χ0n) is 12.1. The summed E-state index contributed by atoms with van der Waals surface area (Å²) in [4.78, 5) is 14.3. The van der Waals surface area contributed by atoms with E-state index in [0.717, 1.165) is 30.8 Å². The van der Waals surface area contributed by atoms with E-state index in [1.807, 2.05) is 6.92 Å². The predicted octanol–water partition coefficient (Wildman–Crippen LogP) is 1.38. The molecule has 5 nitrogen and oxygen atoms in total. The second-order valence-corrected chi connectivity index (χ2v) is 5.34. The van der Waals surface area contributed by atoms with E-state index < -0.39 is 0 Å². The van der Waals surface area contributed by atoms with Crippen molar-refractivity contribution >= 4 is 5.69 Å². The Bertz CT molecular complexity index is 483. The molecule has 0 saturated carbocycles. The Morgan fingerprint density at radius 1 is 1.47 bits per heavy atom. The van der Waals surface area contributed by atoms with Gasteiger partial charge in [0.25, 0.3) is 5.56 Å². The highest BCUT2D eigenvalue weighted by Crippen LogP contribution is 2.16. The molecule has 2 rings (SSSR count). The quantitative estimate of drug-likeness (QED) is 0.896. The van der Waals surface area contributed by atoms with Crippen LogP contribution in [0.25, 0.3) is 0 Å². The monoisotopic (exact) mass is 264 g/mol. The number of nitrogens with one attached hydrogen (secondary N) is 1. The highest BCUT2D eigenvalue weighted by Gasteiger charge is 2.18. The van der Waals surface area contributed by atoms with Gasteiger partial charge in [0, 0.05) is 25.2 Å². The minimum Gasteiger partial charge on any atom is -0.379 e. The SMILES string of the molecule is CCN1CCCCC(Nc2cnn(C)c(=O)c2C)C1. The first-order valence-electron chi connectivity index (χ1n) is 7.13. The maximum atomic E-state index is 11.9. The van der Waals surface area contributed by atoms with Crippen LogP contribution in [-0.2, 0) is 7.05 Å². The number of hydrogen-bond acceptors (Lipinski definition) is 4. The fourth-order valence-electron chi connectivity index (χ4n) is 2.64. The van der Waals surface area contributed by atoms with Gasteiger partial charge in [0.2, 0.25) is 0 Å². The molecule has 0 radical (unpaired) electrons. The van der Waals surface area contributed by atoms with Gasteiger partial charge in [-0.25, -0.2) is 4.68 Å². The number of nitrogens with zero attached hydrogens (tertiary/aromatic N) is 3. The average Bonchev–Trinajstić information content (AvgIpc) is 2.64. The standard InChI is InChI=1S/C14H24N4O/c1-4-18-8-6-5-7-12(10-18)16-13-9-15-17(3)14(19)11(13)2/h9,12,16H,4-8,10H2,1-3H3. The molecule has 1 saturated heterocycles. The minimum atomic E-state index is -0.0223. The third kappa shape index (κ3) is 3.35.